The zero-order valence-electron chi connectivity index (χ0n) is 18.5. The lowest BCUT2D eigenvalue weighted by Crippen LogP contribution is -2.51. The van der Waals surface area contributed by atoms with Gasteiger partial charge in [-0.05, 0) is 37.1 Å². The van der Waals surface area contributed by atoms with Crippen LogP contribution < -0.4 is 10.2 Å². The third-order valence-corrected chi connectivity index (χ3v) is 7.58. The van der Waals surface area contributed by atoms with E-state index in [2.05, 4.69) is 20.5 Å². The number of hydrogen-bond acceptors (Lipinski definition) is 9. The number of likely N-dealkylation sites (tertiary alicyclic amines) is 1. The van der Waals surface area contributed by atoms with Crippen molar-refractivity contribution in [2.24, 2.45) is 0 Å². The summed E-state index contributed by atoms with van der Waals surface area (Å²) in [7, 11) is -3.57. The van der Waals surface area contributed by atoms with Crippen LogP contribution in [0.5, 0.6) is 0 Å². The predicted octanol–water partition coefficient (Wildman–Crippen LogP) is 0.915. The number of imide groups is 1. The molecule has 2 fully saturated rings. The highest BCUT2D eigenvalue weighted by Gasteiger charge is 2.31. The average Bonchev–Trinajstić information content (AvgIpc) is 2.81. The molecule has 0 saturated carbocycles. The summed E-state index contributed by atoms with van der Waals surface area (Å²) in [5, 5.41) is 11.5. The fourth-order valence-electron chi connectivity index (χ4n) is 3.81. The average molecular weight is 474 g/mol. The Morgan fingerprint density at radius 1 is 0.939 bits per heavy atom. The second kappa shape index (κ2) is 9.79. The molecule has 4 heterocycles. The van der Waals surface area contributed by atoms with Gasteiger partial charge in [-0.1, -0.05) is 6.07 Å². The van der Waals surface area contributed by atoms with Crippen molar-refractivity contribution in [3.63, 3.8) is 0 Å². The molecule has 33 heavy (non-hydrogen) atoms. The van der Waals surface area contributed by atoms with Gasteiger partial charge in [-0.15, -0.1) is 10.2 Å². The molecule has 0 unspecified atom stereocenters. The Morgan fingerprint density at radius 3 is 2.24 bits per heavy atom. The number of sulfonamides is 1. The number of carbonyl (C=O) groups excluding carboxylic acids is 2. The van der Waals surface area contributed by atoms with Crippen LogP contribution in [-0.4, -0.2) is 83.1 Å². The molecule has 4 rings (SSSR count). The van der Waals surface area contributed by atoms with Gasteiger partial charge in [0.15, 0.2) is 11.6 Å². The lowest BCUT2D eigenvalue weighted by Gasteiger charge is -2.35. The smallest absolute Gasteiger partial charge is 0.229 e. The number of aromatic nitrogens is 3. The summed E-state index contributed by atoms with van der Waals surface area (Å²) in [5.41, 5.74) is 1.07. The molecule has 2 aromatic rings. The topological polar surface area (TPSA) is 129 Å². The van der Waals surface area contributed by atoms with Crippen molar-refractivity contribution in [2.75, 3.05) is 48.7 Å². The number of nitrogens with zero attached hydrogens (tertiary/aromatic N) is 6. The Hall–Kier alpha value is -3.12. The number of piperazine rings is 1. The highest BCUT2D eigenvalue weighted by atomic mass is 32.2. The third-order valence-electron chi connectivity index (χ3n) is 5.73. The normalized spacial score (nSPS) is 18.0. The van der Waals surface area contributed by atoms with E-state index in [-0.39, 0.29) is 24.1 Å². The third kappa shape index (κ3) is 5.63. The van der Waals surface area contributed by atoms with Gasteiger partial charge in [-0.25, -0.2) is 13.4 Å². The van der Waals surface area contributed by atoms with E-state index in [0.29, 0.717) is 62.9 Å². The van der Waals surface area contributed by atoms with Crippen molar-refractivity contribution in [2.45, 2.75) is 26.2 Å². The van der Waals surface area contributed by atoms with Gasteiger partial charge in [0.05, 0.1) is 5.75 Å². The molecule has 0 aromatic carbocycles. The lowest BCUT2D eigenvalue weighted by atomic mass is 10.1. The minimum Gasteiger partial charge on any atom is -0.352 e. The molecular weight excluding hydrogens is 446 g/mol. The van der Waals surface area contributed by atoms with Gasteiger partial charge < -0.3 is 10.2 Å². The molecule has 0 aliphatic carbocycles. The maximum atomic E-state index is 12.7. The number of piperidine rings is 1. The number of hydrogen-bond donors (Lipinski definition) is 1. The Kier molecular flexibility index (Phi) is 6.84. The van der Waals surface area contributed by atoms with Crippen LogP contribution in [0, 0.1) is 6.92 Å². The van der Waals surface area contributed by atoms with Crippen LogP contribution in [-0.2, 0) is 19.6 Å². The Bertz CT molecular complexity index is 1080. The molecule has 2 aliphatic rings. The number of carbonyl (C=O) groups is 2. The van der Waals surface area contributed by atoms with E-state index in [0.717, 1.165) is 10.5 Å². The Balaban J connectivity index is 1.29. The van der Waals surface area contributed by atoms with Gasteiger partial charge in [0, 0.05) is 51.8 Å². The number of amides is 2. The first kappa shape index (κ1) is 23.1. The quantitative estimate of drug-likeness (QED) is 0.584. The van der Waals surface area contributed by atoms with Gasteiger partial charge in [-0.3, -0.25) is 14.5 Å². The maximum absolute atomic E-state index is 12.7. The number of rotatable bonds is 7. The molecule has 1 N–H and O–H groups in total. The molecule has 0 bridgehead atoms. The monoisotopic (exact) mass is 473 g/mol. The molecule has 11 nitrogen and oxygen atoms in total. The van der Waals surface area contributed by atoms with E-state index >= 15 is 0 Å². The van der Waals surface area contributed by atoms with Crippen LogP contribution in [0.15, 0.2) is 30.5 Å². The first-order chi connectivity index (χ1) is 15.8. The molecule has 12 heteroatoms. The fraction of sp³-hybridized carbons (Fsp3) is 0.476. The van der Waals surface area contributed by atoms with Crippen molar-refractivity contribution >= 4 is 39.3 Å². The SMILES string of the molecule is Cc1ccc(Nc2ccc(N3CCN(S(=O)(=O)CCN4C(=O)CCCC4=O)CC3)nn2)nc1. The summed E-state index contributed by atoms with van der Waals surface area (Å²) < 4.78 is 26.9. The largest absolute Gasteiger partial charge is 0.352 e. The minimum absolute atomic E-state index is 0.0873. The van der Waals surface area contributed by atoms with Crippen molar-refractivity contribution in [1.82, 2.24) is 24.4 Å². The van der Waals surface area contributed by atoms with E-state index in [4.69, 9.17) is 0 Å². The highest BCUT2D eigenvalue weighted by molar-refractivity contribution is 7.89. The van der Waals surface area contributed by atoms with Crippen molar-refractivity contribution in [3.8, 4) is 0 Å². The number of nitrogens with one attached hydrogen (secondary N) is 1. The number of anilines is 3. The van der Waals surface area contributed by atoms with E-state index in [1.807, 2.05) is 30.0 Å². The maximum Gasteiger partial charge on any atom is 0.229 e. The Morgan fingerprint density at radius 2 is 1.64 bits per heavy atom. The van der Waals surface area contributed by atoms with E-state index in [1.54, 1.807) is 12.3 Å². The predicted molar refractivity (Wildman–Crippen MR) is 122 cm³/mol. The fourth-order valence-corrected chi connectivity index (χ4v) is 5.21. The van der Waals surface area contributed by atoms with Crippen molar-refractivity contribution in [3.05, 3.63) is 36.0 Å². The van der Waals surface area contributed by atoms with Crippen LogP contribution >= 0.6 is 0 Å². The van der Waals surface area contributed by atoms with E-state index < -0.39 is 10.0 Å². The summed E-state index contributed by atoms with van der Waals surface area (Å²) in [6, 6.07) is 7.45. The van der Waals surface area contributed by atoms with E-state index in [9.17, 15) is 18.0 Å². The first-order valence-electron chi connectivity index (χ1n) is 10.9. The summed E-state index contributed by atoms with van der Waals surface area (Å²) in [6.45, 7) is 3.44. The molecule has 0 atom stereocenters. The molecule has 2 amide bonds. The van der Waals surface area contributed by atoms with Crippen LogP contribution in [0.3, 0.4) is 0 Å². The summed E-state index contributed by atoms with van der Waals surface area (Å²) in [6.07, 6.45) is 2.88. The molecule has 176 valence electrons. The molecule has 2 aliphatic heterocycles. The second-order valence-electron chi connectivity index (χ2n) is 8.12. The molecular formula is C21H27N7O4S. The first-order valence-corrected chi connectivity index (χ1v) is 12.5. The summed E-state index contributed by atoms with van der Waals surface area (Å²) >= 11 is 0. The second-order valence-corrected chi connectivity index (χ2v) is 10.2. The molecule has 0 spiro atoms. The molecule has 2 saturated heterocycles. The number of aryl methyl sites for hydroxylation is 1. The lowest BCUT2D eigenvalue weighted by molar-refractivity contribution is -0.147. The zero-order valence-corrected chi connectivity index (χ0v) is 19.3. The van der Waals surface area contributed by atoms with Crippen LogP contribution in [0.1, 0.15) is 24.8 Å². The van der Waals surface area contributed by atoms with Gasteiger partial charge >= 0.3 is 0 Å². The number of pyridine rings is 1. The Labute approximate surface area is 192 Å². The van der Waals surface area contributed by atoms with Crippen LogP contribution in [0.2, 0.25) is 0 Å². The van der Waals surface area contributed by atoms with Gasteiger partial charge in [-0.2, -0.15) is 4.31 Å². The van der Waals surface area contributed by atoms with Crippen LogP contribution in [0.4, 0.5) is 17.5 Å². The van der Waals surface area contributed by atoms with Crippen molar-refractivity contribution in [1.29, 1.82) is 0 Å². The highest BCUT2D eigenvalue weighted by Crippen LogP contribution is 2.18. The summed E-state index contributed by atoms with van der Waals surface area (Å²) in [4.78, 5) is 31.1. The molecule has 0 radical (unpaired) electrons. The zero-order chi connectivity index (χ0) is 23.4. The van der Waals surface area contributed by atoms with E-state index in [1.165, 1.54) is 4.31 Å². The summed E-state index contributed by atoms with van der Waals surface area (Å²) in [5.74, 6) is 1.07. The standard InChI is InChI=1S/C21H27N7O4S/c1-16-5-6-17(22-15-16)23-18-7-8-19(25-24-18)26-9-11-27(12-10-26)33(31,32)14-13-28-20(29)3-2-4-21(28)30/h5-8,15H,2-4,9-14H2,1H3,(H,22,23,24). The van der Waals surface area contributed by atoms with Gasteiger partial charge in [0.25, 0.3) is 0 Å². The van der Waals surface area contributed by atoms with Gasteiger partial charge in [0.1, 0.15) is 5.82 Å². The van der Waals surface area contributed by atoms with Crippen molar-refractivity contribution < 1.29 is 18.0 Å². The van der Waals surface area contributed by atoms with Crippen LogP contribution in [0.25, 0.3) is 0 Å². The molecule has 2 aromatic heterocycles. The minimum atomic E-state index is -3.57. The van der Waals surface area contributed by atoms with Gasteiger partial charge in [0.2, 0.25) is 21.8 Å².